The van der Waals surface area contributed by atoms with Gasteiger partial charge in [0.2, 0.25) is 15.9 Å². The van der Waals surface area contributed by atoms with E-state index < -0.39 is 10.0 Å². The zero-order chi connectivity index (χ0) is 22.4. The van der Waals surface area contributed by atoms with Gasteiger partial charge in [0.25, 0.3) is 0 Å². The summed E-state index contributed by atoms with van der Waals surface area (Å²) < 4.78 is 34.1. The van der Waals surface area contributed by atoms with E-state index in [1.165, 1.54) is 4.31 Å². The Morgan fingerprint density at radius 3 is 2.55 bits per heavy atom. The Morgan fingerprint density at radius 2 is 1.84 bits per heavy atom. The fourth-order valence-corrected chi connectivity index (χ4v) is 5.45. The molecular formula is C23H31N3O4S. The number of nitrogens with one attached hydrogen (secondary N) is 1. The highest BCUT2D eigenvalue weighted by Crippen LogP contribution is 2.26. The largest absolute Gasteiger partial charge is 0.496 e. The molecule has 1 saturated heterocycles. The number of amides is 1. The lowest BCUT2D eigenvalue weighted by atomic mass is 10.2. The summed E-state index contributed by atoms with van der Waals surface area (Å²) in [5.74, 6) is 0.597. The minimum absolute atomic E-state index is 0.0253. The summed E-state index contributed by atoms with van der Waals surface area (Å²) in [6.07, 6.45) is 0.138. The first kappa shape index (κ1) is 23.2. The molecule has 1 aliphatic heterocycles. The van der Waals surface area contributed by atoms with Crippen LogP contribution in [0.2, 0.25) is 0 Å². The normalized spacial score (nSPS) is 14.6. The second kappa shape index (κ2) is 10.3. The Bertz CT molecular complexity index is 1020. The highest BCUT2D eigenvalue weighted by molar-refractivity contribution is 7.89. The molecular weight excluding hydrogens is 414 g/mol. The SMILES string of the molecule is COc1ccccc1CN(CCC(=O)N1CCNCC1)S(=O)(=O)c1cc(C)ccc1C. The number of rotatable bonds is 8. The lowest BCUT2D eigenvalue weighted by molar-refractivity contribution is -0.131. The van der Waals surface area contributed by atoms with Gasteiger partial charge in [0, 0.05) is 51.3 Å². The fraction of sp³-hybridized carbons (Fsp3) is 0.435. The second-order valence-corrected chi connectivity index (χ2v) is 9.71. The van der Waals surface area contributed by atoms with Gasteiger partial charge < -0.3 is 15.0 Å². The summed E-state index contributed by atoms with van der Waals surface area (Å²) >= 11 is 0. The molecule has 0 saturated carbocycles. The Morgan fingerprint density at radius 1 is 1.13 bits per heavy atom. The van der Waals surface area contributed by atoms with E-state index in [2.05, 4.69) is 5.32 Å². The van der Waals surface area contributed by atoms with Gasteiger partial charge in [0.05, 0.1) is 12.0 Å². The number of piperazine rings is 1. The molecule has 0 bridgehead atoms. The van der Waals surface area contributed by atoms with Gasteiger partial charge in [-0.1, -0.05) is 30.3 Å². The third kappa shape index (κ3) is 5.64. The second-order valence-electron chi connectivity index (χ2n) is 7.80. The minimum atomic E-state index is -3.81. The first-order valence-electron chi connectivity index (χ1n) is 10.5. The minimum Gasteiger partial charge on any atom is -0.496 e. The van der Waals surface area contributed by atoms with E-state index >= 15 is 0 Å². The van der Waals surface area contributed by atoms with E-state index in [0.717, 1.165) is 24.2 Å². The molecule has 1 aliphatic rings. The van der Waals surface area contributed by atoms with E-state index in [9.17, 15) is 13.2 Å². The highest BCUT2D eigenvalue weighted by Gasteiger charge is 2.28. The zero-order valence-corrected chi connectivity index (χ0v) is 19.2. The van der Waals surface area contributed by atoms with Gasteiger partial charge >= 0.3 is 0 Å². The van der Waals surface area contributed by atoms with Crippen LogP contribution in [-0.2, 0) is 21.4 Å². The van der Waals surface area contributed by atoms with Crippen LogP contribution in [0.5, 0.6) is 5.75 Å². The Balaban J connectivity index is 1.89. The summed E-state index contributed by atoms with van der Waals surface area (Å²) in [6, 6.07) is 12.8. The number of benzene rings is 2. The van der Waals surface area contributed by atoms with Gasteiger partial charge in [0.15, 0.2) is 0 Å². The topological polar surface area (TPSA) is 79.0 Å². The van der Waals surface area contributed by atoms with Crippen LogP contribution >= 0.6 is 0 Å². The van der Waals surface area contributed by atoms with Crippen LogP contribution in [-0.4, -0.2) is 63.4 Å². The van der Waals surface area contributed by atoms with Crippen molar-refractivity contribution in [3.63, 3.8) is 0 Å². The molecule has 8 heteroatoms. The molecule has 3 rings (SSSR count). The summed E-state index contributed by atoms with van der Waals surface area (Å²) in [4.78, 5) is 14.8. The van der Waals surface area contributed by atoms with Crippen molar-refractivity contribution in [1.82, 2.24) is 14.5 Å². The van der Waals surface area contributed by atoms with Gasteiger partial charge in [-0.25, -0.2) is 8.42 Å². The number of carbonyl (C=O) groups is 1. The molecule has 1 amide bonds. The third-order valence-electron chi connectivity index (χ3n) is 5.55. The molecule has 2 aromatic rings. The summed E-state index contributed by atoms with van der Waals surface area (Å²) in [6.45, 7) is 6.72. The van der Waals surface area contributed by atoms with Gasteiger partial charge in [-0.3, -0.25) is 4.79 Å². The Hall–Kier alpha value is -2.42. The van der Waals surface area contributed by atoms with Crippen LogP contribution in [0.3, 0.4) is 0 Å². The molecule has 1 heterocycles. The van der Waals surface area contributed by atoms with Crippen LogP contribution in [0.4, 0.5) is 0 Å². The maximum absolute atomic E-state index is 13.6. The molecule has 0 spiro atoms. The van der Waals surface area contributed by atoms with Crippen LogP contribution in [0.25, 0.3) is 0 Å². The summed E-state index contributed by atoms with van der Waals surface area (Å²) in [5, 5.41) is 3.22. The number of sulfonamides is 1. The number of ether oxygens (including phenoxy) is 1. The quantitative estimate of drug-likeness (QED) is 0.675. The number of aryl methyl sites for hydroxylation is 2. The first-order valence-corrected chi connectivity index (χ1v) is 11.9. The number of hydrogen-bond donors (Lipinski definition) is 1. The molecule has 0 aromatic heterocycles. The molecule has 0 radical (unpaired) electrons. The third-order valence-corrected chi connectivity index (χ3v) is 7.53. The average molecular weight is 446 g/mol. The van der Waals surface area contributed by atoms with Crippen molar-refractivity contribution in [1.29, 1.82) is 0 Å². The maximum Gasteiger partial charge on any atom is 0.243 e. The van der Waals surface area contributed by atoms with Crippen LogP contribution in [0.1, 0.15) is 23.1 Å². The van der Waals surface area contributed by atoms with E-state index in [1.807, 2.05) is 43.3 Å². The van der Waals surface area contributed by atoms with Gasteiger partial charge in [-0.05, 0) is 37.1 Å². The predicted octanol–water partition coefficient (Wildman–Crippen LogP) is 2.32. The maximum atomic E-state index is 13.6. The standard InChI is InChI=1S/C23H31N3O4S/c1-18-8-9-19(2)22(16-18)31(28,29)26(17-20-6-4-5-7-21(20)30-3)13-10-23(27)25-14-11-24-12-15-25/h4-9,16,24H,10-15,17H2,1-3H3. The van der Waals surface area contributed by atoms with E-state index in [0.29, 0.717) is 24.4 Å². The van der Waals surface area contributed by atoms with Crippen molar-refractivity contribution in [2.45, 2.75) is 31.7 Å². The summed E-state index contributed by atoms with van der Waals surface area (Å²) in [5.41, 5.74) is 2.32. The molecule has 1 fully saturated rings. The van der Waals surface area contributed by atoms with Crippen molar-refractivity contribution in [2.24, 2.45) is 0 Å². The van der Waals surface area contributed by atoms with Crippen LogP contribution in [0, 0.1) is 13.8 Å². The Labute approximate surface area is 185 Å². The lowest BCUT2D eigenvalue weighted by Crippen LogP contribution is -2.47. The zero-order valence-electron chi connectivity index (χ0n) is 18.4. The monoisotopic (exact) mass is 445 g/mol. The molecule has 0 unspecified atom stereocenters. The van der Waals surface area contributed by atoms with Crippen molar-refractivity contribution < 1.29 is 17.9 Å². The van der Waals surface area contributed by atoms with Crippen molar-refractivity contribution in [2.75, 3.05) is 39.8 Å². The number of hydrogen-bond acceptors (Lipinski definition) is 5. The van der Waals surface area contributed by atoms with E-state index in [4.69, 9.17) is 4.74 Å². The van der Waals surface area contributed by atoms with Crippen molar-refractivity contribution >= 4 is 15.9 Å². The van der Waals surface area contributed by atoms with Gasteiger partial charge in [-0.2, -0.15) is 4.31 Å². The molecule has 168 valence electrons. The van der Waals surface area contributed by atoms with E-state index in [-0.39, 0.29) is 30.3 Å². The van der Waals surface area contributed by atoms with E-state index in [1.54, 1.807) is 25.0 Å². The summed E-state index contributed by atoms with van der Waals surface area (Å²) in [7, 11) is -2.24. The van der Waals surface area contributed by atoms with Crippen molar-refractivity contribution in [3.8, 4) is 5.75 Å². The molecule has 2 aromatic carbocycles. The fourth-order valence-electron chi connectivity index (χ4n) is 3.72. The molecule has 1 N–H and O–H groups in total. The molecule has 0 aliphatic carbocycles. The smallest absolute Gasteiger partial charge is 0.243 e. The number of para-hydroxylation sites is 1. The molecule has 0 atom stereocenters. The van der Waals surface area contributed by atoms with Gasteiger partial charge in [0.1, 0.15) is 5.75 Å². The van der Waals surface area contributed by atoms with Crippen LogP contribution < -0.4 is 10.1 Å². The number of carbonyl (C=O) groups excluding carboxylic acids is 1. The molecule has 7 nitrogen and oxygen atoms in total. The Kier molecular flexibility index (Phi) is 7.69. The predicted molar refractivity (Wildman–Crippen MR) is 121 cm³/mol. The number of methoxy groups -OCH3 is 1. The first-order chi connectivity index (χ1) is 14.8. The van der Waals surface area contributed by atoms with Crippen molar-refractivity contribution in [3.05, 3.63) is 59.2 Å². The average Bonchev–Trinajstić information content (AvgIpc) is 2.78. The van der Waals surface area contributed by atoms with Crippen LogP contribution in [0.15, 0.2) is 47.4 Å². The lowest BCUT2D eigenvalue weighted by Gasteiger charge is -2.29. The highest BCUT2D eigenvalue weighted by atomic mass is 32.2. The van der Waals surface area contributed by atoms with Gasteiger partial charge in [-0.15, -0.1) is 0 Å². The molecule has 31 heavy (non-hydrogen) atoms. The number of nitrogens with zero attached hydrogens (tertiary/aromatic N) is 2.